The van der Waals surface area contributed by atoms with Gasteiger partial charge in [-0.25, -0.2) is 4.39 Å². The molecule has 0 heterocycles. The Labute approximate surface area is 103 Å². The Bertz CT molecular complexity index is 317. The predicted molar refractivity (Wildman–Crippen MR) is 68.9 cm³/mol. The Balaban J connectivity index is 2.18. The molecule has 0 radical (unpaired) electrons. The first-order valence-corrected chi connectivity index (χ1v) is 6.35. The van der Waals surface area contributed by atoms with Crippen molar-refractivity contribution in [3.63, 3.8) is 0 Å². The number of ether oxygens (including phenoxy) is 1. The first-order valence-electron chi connectivity index (χ1n) is 6.35. The van der Waals surface area contributed by atoms with E-state index < -0.39 is 0 Å². The largest absolute Gasteiger partial charge is 0.491 e. The second kappa shape index (κ2) is 8.07. The standard InChI is InChI=1S/C14H22FNO/c1-3-9-16-10-5-6-12(2)17-14-8-4-7-13(15)11-14/h4,7-8,11-12,16H,3,5-6,9-10H2,1-2H3. The van der Waals surface area contributed by atoms with Crippen molar-refractivity contribution in [2.75, 3.05) is 13.1 Å². The van der Waals surface area contributed by atoms with Gasteiger partial charge in [0.15, 0.2) is 0 Å². The highest BCUT2D eigenvalue weighted by Gasteiger charge is 2.04. The smallest absolute Gasteiger partial charge is 0.126 e. The molecule has 0 spiro atoms. The third kappa shape index (κ3) is 6.27. The molecule has 0 bridgehead atoms. The summed E-state index contributed by atoms with van der Waals surface area (Å²) in [6, 6.07) is 6.30. The van der Waals surface area contributed by atoms with Gasteiger partial charge >= 0.3 is 0 Å². The van der Waals surface area contributed by atoms with Crippen molar-refractivity contribution in [3.05, 3.63) is 30.1 Å². The van der Waals surface area contributed by atoms with Crippen LogP contribution >= 0.6 is 0 Å². The van der Waals surface area contributed by atoms with Crippen molar-refractivity contribution in [2.24, 2.45) is 0 Å². The highest BCUT2D eigenvalue weighted by molar-refractivity contribution is 5.22. The predicted octanol–water partition coefficient (Wildman–Crippen LogP) is 3.37. The second-order valence-electron chi connectivity index (χ2n) is 4.28. The molecule has 0 aliphatic heterocycles. The van der Waals surface area contributed by atoms with Gasteiger partial charge in [-0.05, 0) is 51.4 Å². The van der Waals surface area contributed by atoms with Crippen LogP contribution < -0.4 is 10.1 Å². The first-order chi connectivity index (χ1) is 8.22. The van der Waals surface area contributed by atoms with Crippen LogP contribution in [0.4, 0.5) is 4.39 Å². The minimum absolute atomic E-state index is 0.125. The molecule has 96 valence electrons. The van der Waals surface area contributed by atoms with Crippen LogP contribution in [-0.2, 0) is 0 Å². The zero-order valence-electron chi connectivity index (χ0n) is 10.7. The lowest BCUT2D eigenvalue weighted by atomic mass is 10.2. The number of hydrogen-bond donors (Lipinski definition) is 1. The molecule has 0 saturated carbocycles. The number of hydrogen-bond acceptors (Lipinski definition) is 2. The molecule has 2 nitrogen and oxygen atoms in total. The molecule has 1 aromatic carbocycles. The summed E-state index contributed by atoms with van der Waals surface area (Å²) < 4.78 is 18.6. The lowest BCUT2D eigenvalue weighted by Crippen LogP contribution is -2.19. The van der Waals surface area contributed by atoms with Crippen LogP contribution in [0.1, 0.15) is 33.1 Å². The van der Waals surface area contributed by atoms with Crippen molar-refractivity contribution in [1.29, 1.82) is 0 Å². The average Bonchev–Trinajstić information content (AvgIpc) is 2.29. The topological polar surface area (TPSA) is 21.3 Å². The molecule has 0 aliphatic carbocycles. The fourth-order valence-corrected chi connectivity index (χ4v) is 1.65. The van der Waals surface area contributed by atoms with Gasteiger partial charge in [0.05, 0.1) is 6.10 Å². The number of benzene rings is 1. The Morgan fingerprint density at radius 2 is 2.18 bits per heavy atom. The summed E-state index contributed by atoms with van der Waals surface area (Å²) in [6.07, 6.45) is 3.35. The van der Waals surface area contributed by atoms with Gasteiger partial charge in [-0.15, -0.1) is 0 Å². The zero-order valence-corrected chi connectivity index (χ0v) is 10.7. The van der Waals surface area contributed by atoms with Gasteiger partial charge in [-0.3, -0.25) is 0 Å². The van der Waals surface area contributed by atoms with E-state index in [1.807, 2.05) is 6.92 Å². The van der Waals surface area contributed by atoms with Gasteiger partial charge in [0.2, 0.25) is 0 Å². The minimum Gasteiger partial charge on any atom is -0.491 e. The minimum atomic E-state index is -0.251. The van der Waals surface area contributed by atoms with E-state index in [9.17, 15) is 4.39 Å². The SMILES string of the molecule is CCCNCCCC(C)Oc1cccc(F)c1. The highest BCUT2D eigenvalue weighted by atomic mass is 19.1. The van der Waals surface area contributed by atoms with Crippen LogP contribution in [0.25, 0.3) is 0 Å². The average molecular weight is 239 g/mol. The molecule has 1 unspecified atom stereocenters. The van der Waals surface area contributed by atoms with Crippen molar-refractivity contribution >= 4 is 0 Å². The molecule has 1 aromatic rings. The van der Waals surface area contributed by atoms with E-state index in [1.165, 1.54) is 12.1 Å². The van der Waals surface area contributed by atoms with Gasteiger partial charge in [0.25, 0.3) is 0 Å². The van der Waals surface area contributed by atoms with E-state index in [4.69, 9.17) is 4.74 Å². The maximum absolute atomic E-state index is 12.9. The fraction of sp³-hybridized carbons (Fsp3) is 0.571. The van der Waals surface area contributed by atoms with E-state index in [1.54, 1.807) is 12.1 Å². The molecule has 0 amide bonds. The molecule has 0 saturated heterocycles. The van der Waals surface area contributed by atoms with Gasteiger partial charge < -0.3 is 10.1 Å². The lowest BCUT2D eigenvalue weighted by Gasteiger charge is -2.14. The molecular weight excluding hydrogens is 217 g/mol. The molecule has 1 rings (SSSR count). The third-order valence-corrected chi connectivity index (χ3v) is 2.52. The van der Waals surface area contributed by atoms with Crippen molar-refractivity contribution < 1.29 is 9.13 Å². The van der Waals surface area contributed by atoms with Crippen LogP contribution in [0.2, 0.25) is 0 Å². The maximum atomic E-state index is 12.9. The van der Waals surface area contributed by atoms with E-state index in [-0.39, 0.29) is 11.9 Å². The normalized spacial score (nSPS) is 12.4. The van der Waals surface area contributed by atoms with E-state index >= 15 is 0 Å². The summed E-state index contributed by atoms with van der Waals surface area (Å²) >= 11 is 0. The van der Waals surface area contributed by atoms with Crippen LogP contribution in [0.15, 0.2) is 24.3 Å². The molecular formula is C14H22FNO. The zero-order chi connectivity index (χ0) is 12.5. The van der Waals surface area contributed by atoms with Gasteiger partial charge in [-0.1, -0.05) is 13.0 Å². The molecule has 0 aromatic heterocycles. The van der Waals surface area contributed by atoms with Crippen molar-refractivity contribution in [2.45, 2.75) is 39.2 Å². The Hall–Kier alpha value is -1.09. The van der Waals surface area contributed by atoms with E-state index in [2.05, 4.69) is 12.2 Å². The molecule has 1 atom stereocenters. The molecule has 17 heavy (non-hydrogen) atoms. The third-order valence-electron chi connectivity index (χ3n) is 2.52. The first kappa shape index (κ1) is 14.0. The van der Waals surface area contributed by atoms with Crippen LogP contribution in [0, 0.1) is 5.82 Å². The molecule has 1 N–H and O–H groups in total. The maximum Gasteiger partial charge on any atom is 0.126 e. The number of nitrogens with one attached hydrogen (secondary N) is 1. The van der Waals surface area contributed by atoms with Crippen molar-refractivity contribution in [3.8, 4) is 5.75 Å². The van der Waals surface area contributed by atoms with E-state index in [0.29, 0.717) is 5.75 Å². The summed E-state index contributed by atoms with van der Waals surface area (Å²) in [6.45, 7) is 6.26. The van der Waals surface area contributed by atoms with Gasteiger partial charge in [0, 0.05) is 6.07 Å². The highest BCUT2D eigenvalue weighted by Crippen LogP contribution is 2.15. The van der Waals surface area contributed by atoms with Gasteiger partial charge in [0.1, 0.15) is 11.6 Å². The monoisotopic (exact) mass is 239 g/mol. The summed E-state index contributed by atoms with van der Waals surface area (Å²) in [7, 11) is 0. The molecule has 0 fully saturated rings. The molecule has 3 heteroatoms. The Morgan fingerprint density at radius 1 is 1.35 bits per heavy atom. The van der Waals surface area contributed by atoms with Crippen LogP contribution in [0.5, 0.6) is 5.75 Å². The Kier molecular flexibility index (Phi) is 6.63. The number of rotatable bonds is 8. The second-order valence-corrected chi connectivity index (χ2v) is 4.28. The van der Waals surface area contributed by atoms with Crippen LogP contribution in [0.3, 0.4) is 0 Å². The lowest BCUT2D eigenvalue weighted by molar-refractivity contribution is 0.206. The van der Waals surface area contributed by atoms with Crippen LogP contribution in [-0.4, -0.2) is 19.2 Å². The summed E-state index contributed by atoms with van der Waals surface area (Å²) in [5.41, 5.74) is 0. The molecule has 0 aliphatic rings. The van der Waals surface area contributed by atoms with Crippen molar-refractivity contribution in [1.82, 2.24) is 5.32 Å². The summed E-state index contributed by atoms with van der Waals surface area (Å²) in [5, 5.41) is 3.35. The number of halogens is 1. The quantitative estimate of drug-likeness (QED) is 0.702. The summed E-state index contributed by atoms with van der Waals surface area (Å²) in [4.78, 5) is 0. The van der Waals surface area contributed by atoms with Gasteiger partial charge in [-0.2, -0.15) is 0 Å². The fourth-order valence-electron chi connectivity index (χ4n) is 1.65. The Morgan fingerprint density at radius 3 is 2.88 bits per heavy atom. The summed E-state index contributed by atoms with van der Waals surface area (Å²) in [5.74, 6) is 0.360. The van der Waals surface area contributed by atoms with E-state index in [0.717, 1.165) is 32.4 Å².